The van der Waals surface area contributed by atoms with Gasteiger partial charge in [0.15, 0.2) is 0 Å². The minimum Gasteiger partial charge on any atom is -0.312 e. The van der Waals surface area contributed by atoms with Crippen molar-refractivity contribution in [2.45, 2.75) is 31.8 Å². The topological polar surface area (TPSA) is 78.5 Å². The van der Waals surface area contributed by atoms with Crippen LogP contribution in [0, 0.1) is 5.82 Å². The maximum absolute atomic E-state index is 13.8. The first-order valence-electron chi connectivity index (χ1n) is 8.67. The fraction of sp³-hybridized carbons (Fsp3) is 0.250. The van der Waals surface area contributed by atoms with E-state index in [1.54, 1.807) is 0 Å². The van der Waals surface area contributed by atoms with Gasteiger partial charge in [0.2, 0.25) is 5.54 Å². The number of carbonyl (C=O) groups is 3. The summed E-state index contributed by atoms with van der Waals surface area (Å²) >= 11 is 0. The van der Waals surface area contributed by atoms with Crippen molar-refractivity contribution >= 4 is 23.5 Å². The summed E-state index contributed by atoms with van der Waals surface area (Å²) in [4.78, 5) is 38.7. The Morgan fingerprint density at radius 2 is 1.78 bits per heavy atom. The summed E-state index contributed by atoms with van der Waals surface area (Å²) in [5.74, 6) is -1.59. The van der Waals surface area contributed by atoms with Crippen LogP contribution in [0.5, 0.6) is 0 Å². The number of urea groups is 1. The summed E-state index contributed by atoms with van der Waals surface area (Å²) in [5.41, 5.74) is 0.686. The normalized spacial score (nSPS) is 21.0. The van der Waals surface area contributed by atoms with E-state index in [0.717, 1.165) is 11.6 Å². The lowest BCUT2D eigenvalue weighted by atomic mass is 9.91. The van der Waals surface area contributed by atoms with Crippen molar-refractivity contribution in [1.82, 2.24) is 10.6 Å². The number of hydrogen-bond donors (Lipinski definition) is 2. The van der Waals surface area contributed by atoms with E-state index in [2.05, 4.69) is 24.5 Å². The first-order valence-corrected chi connectivity index (χ1v) is 8.67. The number of benzene rings is 2. The number of hydrogen-bond acceptors (Lipinski definition) is 3. The van der Waals surface area contributed by atoms with Gasteiger partial charge in [0.05, 0.1) is 12.2 Å². The van der Waals surface area contributed by atoms with Crippen LogP contribution >= 0.6 is 0 Å². The van der Waals surface area contributed by atoms with Crippen molar-refractivity contribution in [2.24, 2.45) is 0 Å². The molecule has 2 aliphatic heterocycles. The zero-order chi connectivity index (χ0) is 19.3. The molecule has 1 fully saturated rings. The van der Waals surface area contributed by atoms with E-state index in [-0.39, 0.29) is 12.1 Å². The zero-order valence-corrected chi connectivity index (χ0v) is 14.9. The number of anilines is 1. The van der Waals surface area contributed by atoms with Gasteiger partial charge in [0.1, 0.15) is 5.82 Å². The highest BCUT2D eigenvalue weighted by Crippen LogP contribution is 2.43. The quantitative estimate of drug-likeness (QED) is 0.646. The van der Waals surface area contributed by atoms with Crippen LogP contribution in [0.1, 0.15) is 36.5 Å². The van der Waals surface area contributed by atoms with Crippen LogP contribution in [0.4, 0.5) is 14.9 Å². The maximum Gasteiger partial charge on any atom is 0.323 e. The van der Waals surface area contributed by atoms with Crippen LogP contribution < -0.4 is 15.5 Å². The van der Waals surface area contributed by atoms with Crippen LogP contribution in [0.15, 0.2) is 42.5 Å². The molecule has 1 saturated heterocycles. The molecule has 7 heteroatoms. The predicted octanol–water partition coefficient (Wildman–Crippen LogP) is 2.53. The van der Waals surface area contributed by atoms with Crippen molar-refractivity contribution in [1.29, 1.82) is 0 Å². The molecule has 27 heavy (non-hydrogen) atoms. The van der Waals surface area contributed by atoms with Gasteiger partial charge in [-0.3, -0.25) is 14.9 Å². The van der Waals surface area contributed by atoms with Gasteiger partial charge >= 0.3 is 6.03 Å². The first kappa shape index (κ1) is 17.2. The number of fused-ring (bicyclic) bond motifs is 2. The number of rotatable bonds is 3. The van der Waals surface area contributed by atoms with Crippen LogP contribution in [-0.4, -0.2) is 17.8 Å². The molecule has 2 aromatic carbocycles. The second kappa shape index (κ2) is 5.90. The molecule has 0 radical (unpaired) electrons. The molecular formula is C20H18FN3O3. The Labute approximate surface area is 155 Å². The van der Waals surface area contributed by atoms with Gasteiger partial charge in [-0.15, -0.1) is 0 Å². The molecule has 4 amide bonds. The van der Waals surface area contributed by atoms with Gasteiger partial charge in [0, 0.05) is 5.56 Å². The number of carbonyl (C=O) groups excluding carboxylic acids is 3. The van der Waals surface area contributed by atoms with Gasteiger partial charge in [-0.2, -0.15) is 0 Å². The smallest absolute Gasteiger partial charge is 0.312 e. The molecule has 0 bridgehead atoms. The highest BCUT2D eigenvalue weighted by molar-refractivity contribution is 6.27. The molecule has 1 atom stereocenters. The largest absolute Gasteiger partial charge is 0.323 e. The minimum atomic E-state index is -1.91. The third kappa shape index (κ3) is 2.50. The van der Waals surface area contributed by atoms with Gasteiger partial charge in [-0.05, 0) is 35.2 Å². The maximum atomic E-state index is 13.8. The Kier molecular flexibility index (Phi) is 3.76. The van der Waals surface area contributed by atoms with Crippen LogP contribution in [0.3, 0.4) is 0 Å². The lowest BCUT2D eigenvalue weighted by molar-refractivity contribution is -0.134. The van der Waals surface area contributed by atoms with Crippen LogP contribution in [0.25, 0.3) is 0 Å². The summed E-state index contributed by atoms with van der Waals surface area (Å²) in [6.07, 6.45) is 0. The molecule has 1 unspecified atom stereocenters. The van der Waals surface area contributed by atoms with Gasteiger partial charge in [-0.25, -0.2) is 9.18 Å². The highest BCUT2D eigenvalue weighted by atomic mass is 19.1. The molecule has 1 spiro atoms. The number of nitrogens with one attached hydrogen (secondary N) is 2. The van der Waals surface area contributed by atoms with Crippen molar-refractivity contribution in [3.63, 3.8) is 0 Å². The minimum absolute atomic E-state index is 0.148. The van der Waals surface area contributed by atoms with Crippen molar-refractivity contribution < 1.29 is 18.8 Å². The lowest BCUT2D eigenvalue weighted by Crippen LogP contribution is -2.52. The molecule has 138 valence electrons. The Bertz CT molecular complexity index is 971. The Morgan fingerprint density at radius 1 is 1.07 bits per heavy atom. The summed E-state index contributed by atoms with van der Waals surface area (Å²) in [7, 11) is 0. The number of halogens is 1. The number of nitrogens with zero attached hydrogens (tertiary/aromatic N) is 1. The molecule has 0 aromatic heterocycles. The lowest BCUT2D eigenvalue weighted by Gasteiger charge is -2.21. The second-order valence-corrected chi connectivity index (χ2v) is 7.11. The third-order valence-corrected chi connectivity index (χ3v) is 5.08. The number of amides is 4. The van der Waals surface area contributed by atoms with Crippen molar-refractivity contribution in [2.75, 3.05) is 4.90 Å². The fourth-order valence-corrected chi connectivity index (χ4v) is 3.61. The second-order valence-electron chi connectivity index (χ2n) is 7.11. The van der Waals surface area contributed by atoms with Gasteiger partial charge < -0.3 is 10.2 Å². The zero-order valence-electron chi connectivity index (χ0n) is 14.9. The Hall–Kier alpha value is -3.22. The SMILES string of the molecule is CC(C)c1ccc(CN2C(=O)C3(NC(=O)NC3=O)c3cc(F)ccc32)cc1. The average Bonchev–Trinajstić information content (AvgIpc) is 3.05. The highest BCUT2D eigenvalue weighted by Gasteiger charge is 2.61. The van der Waals surface area contributed by atoms with E-state index < -0.39 is 29.2 Å². The van der Waals surface area contributed by atoms with Crippen LogP contribution in [-0.2, 0) is 21.7 Å². The van der Waals surface area contributed by atoms with Crippen molar-refractivity contribution in [3.05, 3.63) is 65.0 Å². The van der Waals surface area contributed by atoms with E-state index >= 15 is 0 Å². The van der Waals surface area contributed by atoms with E-state index in [0.29, 0.717) is 11.6 Å². The summed E-state index contributed by atoms with van der Waals surface area (Å²) in [6.45, 7) is 4.39. The average molecular weight is 367 g/mol. The van der Waals surface area contributed by atoms with Gasteiger partial charge in [0.25, 0.3) is 11.8 Å². The predicted molar refractivity (Wildman–Crippen MR) is 96.5 cm³/mol. The van der Waals surface area contributed by atoms with E-state index in [4.69, 9.17) is 0 Å². The molecule has 6 nitrogen and oxygen atoms in total. The molecule has 2 aliphatic rings. The first-order chi connectivity index (χ1) is 12.8. The monoisotopic (exact) mass is 367 g/mol. The Morgan fingerprint density at radius 3 is 2.37 bits per heavy atom. The van der Waals surface area contributed by atoms with Gasteiger partial charge in [-0.1, -0.05) is 38.1 Å². The van der Waals surface area contributed by atoms with E-state index in [9.17, 15) is 18.8 Å². The summed E-state index contributed by atoms with van der Waals surface area (Å²) in [6, 6.07) is 10.9. The standard InChI is InChI=1S/C20H18FN3O3/c1-11(2)13-5-3-12(4-6-13)10-24-16-8-7-14(21)9-15(16)20(18(24)26)17(25)22-19(27)23-20/h3-9,11H,10H2,1-2H3,(H2,22,23,25,27). The summed E-state index contributed by atoms with van der Waals surface area (Å²) in [5, 5.41) is 4.48. The van der Waals surface area contributed by atoms with E-state index in [1.807, 2.05) is 24.3 Å². The Balaban J connectivity index is 1.75. The molecule has 2 aromatic rings. The van der Waals surface area contributed by atoms with Crippen molar-refractivity contribution in [3.8, 4) is 0 Å². The molecule has 2 heterocycles. The molecule has 4 rings (SSSR count). The molecule has 0 aliphatic carbocycles. The molecular weight excluding hydrogens is 349 g/mol. The van der Waals surface area contributed by atoms with E-state index in [1.165, 1.54) is 22.6 Å². The molecule has 2 N–H and O–H groups in total. The molecule has 0 saturated carbocycles. The number of imide groups is 1. The summed E-state index contributed by atoms with van der Waals surface area (Å²) < 4.78 is 13.8. The fourth-order valence-electron chi connectivity index (χ4n) is 3.61. The third-order valence-electron chi connectivity index (χ3n) is 5.08. The van der Waals surface area contributed by atoms with Crippen LogP contribution in [0.2, 0.25) is 0 Å².